The number of aryl methyl sites for hydroxylation is 4. The van der Waals surface area contributed by atoms with Gasteiger partial charge in [0, 0.05) is 0 Å². The van der Waals surface area contributed by atoms with E-state index in [1.165, 1.54) is 84.9 Å². The molecular weight excluding hydrogens is 550 g/mol. The van der Waals surface area contributed by atoms with E-state index in [9.17, 15) is 0 Å². The summed E-state index contributed by atoms with van der Waals surface area (Å²) in [6.07, 6.45) is 12.2. The Morgan fingerprint density at radius 2 is 0.571 bits per heavy atom. The average Bonchev–Trinajstić information content (AvgIpc) is 3.06. The van der Waals surface area contributed by atoms with Gasteiger partial charge in [-0.25, -0.2) is 0 Å². The van der Waals surface area contributed by atoms with Crippen molar-refractivity contribution in [1.82, 2.24) is 0 Å². The summed E-state index contributed by atoms with van der Waals surface area (Å²) in [6, 6.07) is 43.7. The summed E-state index contributed by atoms with van der Waals surface area (Å²) in [5, 5.41) is 0. The van der Waals surface area contributed by atoms with E-state index in [-0.39, 0.29) is 15.8 Å². The zero-order valence-corrected chi connectivity index (χ0v) is 26.9. The third-order valence-corrected chi connectivity index (χ3v) is 12.8. The minimum absolute atomic E-state index is 0.0547. The van der Waals surface area contributed by atoms with Crippen molar-refractivity contribution in [1.29, 1.82) is 0 Å². The van der Waals surface area contributed by atoms with Crippen molar-refractivity contribution in [3.63, 3.8) is 0 Å². The number of benzene rings is 4. The lowest BCUT2D eigenvalue weighted by Crippen LogP contribution is -2.12. The molecule has 0 unspecified atom stereocenters. The van der Waals surface area contributed by atoms with Crippen LogP contribution in [0, 0.1) is 0 Å². The first-order chi connectivity index (χ1) is 20.8. The normalized spacial score (nSPS) is 11.4. The Labute approximate surface area is 257 Å². The van der Waals surface area contributed by atoms with Gasteiger partial charge in [-0.05, 0) is 84.9 Å². The highest BCUT2D eigenvalue weighted by molar-refractivity contribution is 7.57. The van der Waals surface area contributed by atoms with Crippen LogP contribution in [0.15, 0.2) is 121 Å². The standard InChI is InChI=1S/C38H48O2P2/c1-5-13-35(14-6-1)21-29-41(30-22-36-15-7-2-8-16-36)33-27-39-25-26-40-28-34-42(31-23-37-17-9-3-10-18-37)32-24-38-19-11-4-12-20-38/h1-20H,21-34H2. The van der Waals surface area contributed by atoms with Gasteiger partial charge in [-0.2, -0.15) is 0 Å². The van der Waals surface area contributed by atoms with Crippen LogP contribution in [0.3, 0.4) is 0 Å². The monoisotopic (exact) mass is 598 g/mol. The fraction of sp³-hybridized carbons (Fsp3) is 0.368. The van der Waals surface area contributed by atoms with Gasteiger partial charge in [0.25, 0.3) is 0 Å². The molecule has 0 aliphatic carbocycles. The summed E-state index contributed by atoms with van der Waals surface area (Å²) in [6.45, 7) is 3.10. The molecular formula is C38H48O2P2. The maximum atomic E-state index is 6.08. The zero-order chi connectivity index (χ0) is 28.9. The van der Waals surface area contributed by atoms with E-state index >= 15 is 0 Å². The Morgan fingerprint density at radius 3 is 0.833 bits per heavy atom. The van der Waals surface area contributed by atoms with E-state index in [4.69, 9.17) is 9.47 Å². The number of ether oxygens (including phenoxy) is 2. The topological polar surface area (TPSA) is 18.5 Å². The second-order valence-electron chi connectivity index (χ2n) is 10.9. The highest BCUT2D eigenvalue weighted by Crippen LogP contribution is 2.37. The molecule has 0 aliphatic rings. The van der Waals surface area contributed by atoms with E-state index in [0.29, 0.717) is 13.2 Å². The highest BCUT2D eigenvalue weighted by atomic mass is 31.1. The molecule has 0 bridgehead atoms. The molecule has 0 heterocycles. The molecule has 0 aromatic heterocycles. The van der Waals surface area contributed by atoms with Crippen molar-refractivity contribution < 1.29 is 9.47 Å². The molecule has 0 aliphatic heterocycles. The van der Waals surface area contributed by atoms with E-state index in [2.05, 4.69) is 121 Å². The number of hydrogen-bond acceptors (Lipinski definition) is 2. The smallest absolute Gasteiger partial charge is 0.0700 e. The van der Waals surface area contributed by atoms with Crippen molar-refractivity contribution >= 4 is 15.8 Å². The van der Waals surface area contributed by atoms with Gasteiger partial charge in [0.15, 0.2) is 0 Å². The fourth-order valence-corrected chi connectivity index (χ4v) is 9.52. The van der Waals surface area contributed by atoms with Gasteiger partial charge in [-0.15, -0.1) is 15.8 Å². The summed E-state index contributed by atoms with van der Waals surface area (Å²) in [7, 11) is -0.109. The molecule has 222 valence electrons. The van der Waals surface area contributed by atoms with Crippen LogP contribution in [-0.2, 0) is 35.2 Å². The number of hydrogen-bond donors (Lipinski definition) is 0. The molecule has 0 atom stereocenters. The van der Waals surface area contributed by atoms with Crippen LogP contribution in [0.5, 0.6) is 0 Å². The van der Waals surface area contributed by atoms with E-state index in [1.54, 1.807) is 0 Å². The predicted molar refractivity (Wildman–Crippen MR) is 185 cm³/mol. The van der Waals surface area contributed by atoms with Gasteiger partial charge in [-0.3, -0.25) is 0 Å². The minimum Gasteiger partial charge on any atom is -0.379 e. The number of rotatable bonds is 21. The van der Waals surface area contributed by atoms with Crippen molar-refractivity contribution in [2.45, 2.75) is 25.7 Å². The van der Waals surface area contributed by atoms with Gasteiger partial charge < -0.3 is 9.47 Å². The van der Waals surface area contributed by atoms with Crippen LogP contribution in [0.4, 0.5) is 0 Å². The van der Waals surface area contributed by atoms with Gasteiger partial charge in [0.05, 0.1) is 26.4 Å². The first kappa shape index (κ1) is 32.6. The van der Waals surface area contributed by atoms with Crippen LogP contribution in [0.1, 0.15) is 22.3 Å². The first-order valence-electron chi connectivity index (χ1n) is 15.6. The summed E-state index contributed by atoms with van der Waals surface area (Å²) >= 11 is 0. The minimum atomic E-state index is -0.0547. The molecule has 4 heteroatoms. The third kappa shape index (κ3) is 13.8. The van der Waals surface area contributed by atoms with E-state index in [1.807, 2.05) is 0 Å². The lowest BCUT2D eigenvalue weighted by atomic mass is 10.2. The SMILES string of the molecule is c1ccc(CCP(CCOCCOCCP(CCc2ccccc2)CCc2ccccc2)CCc2ccccc2)cc1. The van der Waals surface area contributed by atoms with Crippen LogP contribution < -0.4 is 0 Å². The summed E-state index contributed by atoms with van der Waals surface area (Å²) in [5.74, 6) is 0. The van der Waals surface area contributed by atoms with Crippen LogP contribution >= 0.6 is 15.8 Å². The van der Waals surface area contributed by atoms with Crippen LogP contribution in [0.2, 0.25) is 0 Å². The van der Waals surface area contributed by atoms with Crippen LogP contribution in [-0.4, -0.2) is 63.4 Å². The van der Waals surface area contributed by atoms with Gasteiger partial charge >= 0.3 is 0 Å². The Bertz CT molecular complexity index is 1000. The van der Waals surface area contributed by atoms with Gasteiger partial charge in [0.2, 0.25) is 0 Å². The summed E-state index contributed by atoms with van der Waals surface area (Å²) in [5.41, 5.74) is 5.80. The molecule has 0 N–H and O–H groups in total. The van der Waals surface area contributed by atoms with Gasteiger partial charge in [-0.1, -0.05) is 121 Å². The lowest BCUT2D eigenvalue weighted by molar-refractivity contribution is 0.0600. The zero-order valence-electron chi connectivity index (χ0n) is 25.2. The summed E-state index contributed by atoms with van der Waals surface area (Å²) < 4.78 is 12.2. The Balaban J connectivity index is 1.13. The molecule has 4 aromatic rings. The Morgan fingerprint density at radius 1 is 0.310 bits per heavy atom. The van der Waals surface area contributed by atoms with Crippen molar-refractivity contribution in [3.05, 3.63) is 144 Å². The molecule has 0 fully saturated rings. The molecule has 0 amide bonds. The maximum Gasteiger partial charge on any atom is 0.0700 e. The molecule has 0 spiro atoms. The maximum absolute atomic E-state index is 6.08. The second-order valence-corrected chi connectivity index (χ2v) is 16.2. The molecule has 0 saturated carbocycles. The lowest BCUT2D eigenvalue weighted by Gasteiger charge is -2.19. The fourth-order valence-electron chi connectivity index (χ4n) is 5.11. The van der Waals surface area contributed by atoms with Crippen molar-refractivity contribution in [3.8, 4) is 0 Å². The van der Waals surface area contributed by atoms with Gasteiger partial charge in [0.1, 0.15) is 0 Å². The highest BCUT2D eigenvalue weighted by Gasteiger charge is 2.11. The molecule has 42 heavy (non-hydrogen) atoms. The predicted octanol–water partition coefficient (Wildman–Crippen LogP) is 8.95. The van der Waals surface area contributed by atoms with E-state index < -0.39 is 0 Å². The molecule has 2 nitrogen and oxygen atoms in total. The van der Waals surface area contributed by atoms with Crippen LogP contribution in [0.25, 0.3) is 0 Å². The Kier molecular flexibility index (Phi) is 15.9. The first-order valence-corrected chi connectivity index (χ1v) is 19.4. The molecule has 0 radical (unpaired) electrons. The molecule has 4 aromatic carbocycles. The third-order valence-electron chi connectivity index (χ3n) is 7.71. The molecule has 4 rings (SSSR count). The molecule has 0 saturated heterocycles. The largest absolute Gasteiger partial charge is 0.379 e. The van der Waals surface area contributed by atoms with E-state index in [0.717, 1.165) is 13.2 Å². The second kappa shape index (κ2) is 20.5. The summed E-state index contributed by atoms with van der Waals surface area (Å²) in [4.78, 5) is 0. The Hall–Kier alpha value is -2.34. The quantitative estimate of drug-likeness (QED) is 0.0704. The average molecular weight is 599 g/mol. The van der Waals surface area contributed by atoms with Crippen molar-refractivity contribution in [2.75, 3.05) is 63.4 Å². The van der Waals surface area contributed by atoms with Crippen molar-refractivity contribution in [2.24, 2.45) is 0 Å².